The number of nitrogens with zero attached hydrogens (tertiary/aromatic N) is 2. The minimum absolute atomic E-state index is 0.0218. The van der Waals surface area contributed by atoms with Crippen LogP contribution in [0.3, 0.4) is 0 Å². The van der Waals surface area contributed by atoms with Crippen LogP contribution in [0.4, 0.5) is 11.4 Å². The summed E-state index contributed by atoms with van der Waals surface area (Å²) >= 11 is 17.3. The topological polar surface area (TPSA) is 73.9 Å². The summed E-state index contributed by atoms with van der Waals surface area (Å²) in [6, 6.07) is 20.0. The number of piperazine rings is 1. The van der Waals surface area contributed by atoms with E-state index >= 15 is 0 Å². The standard InChI is InChI=1S/C28H26Cl2N4O3S/c1-37-24-11-3-20(4-12-24)27(36)34-16-14-33(15-17-34)23-9-7-22(8-10-23)31-28(38)32-26(35)13-5-19-2-6-21(29)18-25(19)30/h2-13,18H,14-17H2,1H3,(H2,31,32,35,38)/b13-5+. The molecule has 0 spiro atoms. The second kappa shape index (κ2) is 12.8. The van der Waals surface area contributed by atoms with Crippen molar-refractivity contribution in [3.05, 3.63) is 94.0 Å². The molecule has 1 heterocycles. The fourth-order valence-corrected chi connectivity index (χ4v) is 4.65. The Kier molecular flexibility index (Phi) is 9.23. The summed E-state index contributed by atoms with van der Waals surface area (Å²) in [5, 5.41) is 6.78. The van der Waals surface area contributed by atoms with Gasteiger partial charge in [-0.05, 0) is 84.5 Å². The predicted octanol–water partition coefficient (Wildman–Crippen LogP) is 5.49. The average Bonchev–Trinajstić information content (AvgIpc) is 2.92. The molecule has 0 aliphatic carbocycles. The molecule has 1 fully saturated rings. The van der Waals surface area contributed by atoms with Gasteiger partial charge >= 0.3 is 0 Å². The first-order valence-electron chi connectivity index (χ1n) is 11.9. The van der Waals surface area contributed by atoms with Crippen LogP contribution in [-0.2, 0) is 4.79 Å². The molecule has 1 aliphatic heterocycles. The molecule has 1 saturated heterocycles. The summed E-state index contributed by atoms with van der Waals surface area (Å²) in [7, 11) is 1.60. The van der Waals surface area contributed by atoms with E-state index in [0.717, 1.165) is 30.2 Å². The molecule has 1 aliphatic rings. The van der Waals surface area contributed by atoms with Crippen molar-refractivity contribution in [3.8, 4) is 5.75 Å². The summed E-state index contributed by atoms with van der Waals surface area (Å²) in [6.45, 7) is 2.73. The van der Waals surface area contributed by atoms with Crippen molar-refractivity contribution >= 4 is 69.8 Å². The maximum Gasteiger partial charge on any atom is 0.253 e. The van der Waals surface area contributed by atoms with Crippen LogP contribution in [0.15, 0.2) is 72.8 Å². The monoisotopic (exact) mass is 568 g/mol. The average molecular weight is 570 g/mol. The number of halogens is 2. The predicted molar refractivity (Wildman–Crippen MR) is 157 cm³/mol. The van der Waals surface area contributed by atoms with Gasteiger partial charge < -0.3 is 19.9 Å². The number of nitrogens with one attached hydrogen (secondary N) is 2. The molecule has 0 bridgehead atoms. The molecule has 10 heteroatoms. The number of hydrogen-bond acceptors (Lipinski definition) is 5. The van der Waals surface area contributed by atoms with E-state index in [0.29, 0.717) is 34.3 Å². The van der Waals surface area contributed by atoms with Gasteiger partial charge in [0.15, 0.2) is 5.11 Å². The Morgan fingerprint density at radius 3 is 2.26 bits per heavy atom. The van der Waals surface area contributed by atoms with E-state index in [9.17, 15) is 9.59 Å². The maximum atomic E-state index is 12.8. The number of anilines is 2. The van der Waals surface area contributed by atoms with E-state index in [1.54, 1.807) is 55.7 Å². The molecule has 3 aromatic rings. The molecule has 0 aromatic heterocycles. The van der Waals surface area contributed by atoms with Gasteiger partial charge in [0.1, 0.15) is 5.75 Å². The highest BCUT2D eigenvalue weighted by Gasteiger charge is 2.22. The summed E-state index contributed by atoms with van der Waals surface area (Å²) < 4.78 is 5.16. The van der Waals surface area contributed by atoms with Crippen LogP contribution in [0.5, 0.6) is 5.75 Å². The number of carbonyl (C=O) groups is 2. The fraction of sp³-hybridized carbons (Fsp3) is 0.179. The number of carbonyl (C=O) groups excluding carboxylic acids is 2. The first-order valence-corrected chi connectivity index (χ1v) is 13.0. The highest BCUT2D eigenvalue weighted by atomic mass is 35.5. The first kappa shape index (κ1) is 27.4. The van der Waals surface area contributed by atoms with Crippen molar-refractivity contribution in [2.24, 2.45) is 0 Å². The van der Waals surface area contributed by atoms with Crippen molar-refractivity contribution in [2.45, 2.75) is 0 Å². The third-order valence-corrected chi connectivity index (χ3v) is 6.77. The number of amides is 2. The molecule has 0 unspecified atom stereocenters. The molecule has 0 saturated carbocycles. The smallest absolute Gasteiger partial charge is 0.253 e. The third kappa shape index (κ3) is 7.25. The lowest BCUT2D eigenvalue weighted by atomic mass is 10.1. The summed E-state index contributed by atoms with van der Waals surface area (Å²) in [4.78, 5) is 29.1. The molecule has 2 amide bonds. The van der Waals surface area contributed by atoms with Crippen LogP contribution in [0, 0.1) is 0 Å². The third-order valence-electron chi connectivity index (χ3n) is 6.01. The molecule has 0 radical (unpaired) electrons. The normalized spacial score (nSPS) is 13.3. The minimum atomic E-state index is -0.382. The van der Waals surface area contributed by atoms with Crippen LogP contribution in [0.2, 0.25) is 10.0 Å². The van der Waals surface area contributed by atoms with E-state index in [1.807, 2.05) is 29.2 Å². The highest BCUT2D eigenvalue weighted by molar-refractivity contribution is 7.80. The highest BCUT2D eigenvalue weighted by Crippen LogP contribution is 2.23. The Bertz CT molecular complexity index is 1340. The van der Waals surface area contributed by atoms with Gasteiger partial charge in [0.2, 0.25) is 5.91 Å². The second-order valence-electron chi connectivity index (χ2n) is 8.50. The van der Waals surface area contributed by atoms with Gasteiger partial charge in [-0.15, -0.1) is 0 Å². The number of benzene rings is 3. The largest absolute Gasteiger partial charge is 0.497 e. The first-order chi connectivity index (χ1) is 18.3. The van der Waals surface area contributed by atoms with Gasteiger partial charge in [0.05, 0.1) is 7.11 Å². The zero-order chi connectivity index (χ0) is 27.1. The van der Waals surface area contributed by atoms with Crippen molar-refractivity contribution in [1.29, 1.82) is 0 Å². The molecular weight excluding hydrogens is 543 g/mol. The summed E-state index contributed by atoms with van der Waals surface area (Å²) in [5.74, 6) is 0.365. The number of thiocarbonyl (C=S) groups is 1. The number of methoxy groups -OCH3 is 1. The number of rotatable bonds is 6. The SMILES string of the molecule is COc1ccc(C(=O)N2CCN(c3ccc(NC(=S)NC(=O)/C=C/c4ccc(Cl)cc4Cl)cc3)CC2)cc1. The molecule has 2 N–H and O–H groups in total. The van der Waals surface area contributed by atoms with Crippen molar-refractivity contribution < 1.29 is 14.3 Å². The fourth-order valence-electron chi connectivity index (χ4n) is 3.96. The second-order valence-corrected chi connectivity index (χ2v) is 9.75. The van der Waals surface area contributed by atoms with Gasteiger partial charge in [-0.3, -0.25) is 14.9 Å². The molecule has 4 rings (SSSR count). The van der Waals surface area contributed by atoms with Gasteiger partial charge in [-0.2, -0.15) is 0 Å². The zero-order valence-corrected chi connectivity index (χ0v) is 22.9. The lowest BCUT2D eigenvalue weighted by molar-refractivity contribution is -0.115. The Morgan fingerprint density at radius 1 is 0.947 bits per heavy atom. The summed E-state index contributed by atoms with van der Waals surface area (Å²) in [5.41, 5.74) is 3.12. The minimum Gasteiger partial charge on any atom is -0.497 e. The van der Waals surface area contributed by atoms with E-state index in [1.165, 1.54) is 6.08 Å². The van der Waals surface area contributed by atoms with E-state index in [4.69, 9.17) is 40.2 Å². The Labute approximate surface area is 237 Å². The Morgan fingerprint density at radius 2 is 1.63 bits per heavy atom. The van der Waals surface area contributed by atoms with Gasteiger partial charge in [-0.1, -0.05) is 29.3 Å². The van der Waals surface area contributed by atoms with Crippen LogP contribution in [-0.4, -0.2) is 55.1 Å². The number of hydrogen-bond donors (Lipinski definition) is 2. The molecule has 3 aromatic carbocycles. The van der Waals surface area contributed by atoms with Crippen molar-refractivity contribution in [2.75, 3.05) is 43.5 Å². The molecule has 196 valence electrons. The van der Waals surface area contributed by atoms with E-state index in [2.05, 4.69) is 15.5 Å². The van der Waals surface area contributed by atoms with Crippen molar-refractivity contribution in [1.82, 2.24) is 10.2 Å². The Balaban J connectivity index is 1.25. The van der Waals surface area contributed by atoms with Crippen LogP contribution < -0.4 is 20.3 Å². The van der Waals surface area contributed by atoms with Crippen LogP contribution >= 0.6 is 35.4 Å². The lowest BCUT2D eigenvalue weighted by Crippen LogP contribution is -2.48. The number of ether oxygens (including phenoxy) is 1. The lowest BCUT2D eigenvalue weighted by Gasteiger charge is -2.36. The quantitative estimate of drug-likeness (QED) is 0.302. The van der Waals surface area contributed by atoms with Crippen LogP contribution in [0.1, 0.15) is 15.9 Å². The van der Waals surface area contributed by atoms with Gasteiger partial charge in [-0.25, -0.2) is 0 Å². The molecule has 7 nitrogen and oxygen atoms in total. The van der Waals surface area contributed by atoms with E-state index in [-0.39, 0.29) is 16.9 Å². The van der Waals surface area contributed by atoms with Gasteiger partial charge in [0, 0.05) is 59.2 Å². The maximum absolute atomic E-state index is 12.8. The summed E-state index contributed by atoms with van der Waals surface area (Å²) in [6.07, 6.45) is 2.95. The van der Waals surface area contributed by atoms with Crippen LogP contribution in [0.25, 0.3) is 6.08 Å². The zero-order valence-electron chi connectivity index (χ0n) is 20.6. The Hall–Kier alpha value is -3.59. The molecule has 0 atom stereocenters. The van der Waals surface area contributed by atoms with Gasteiger partial charge in [0.25, 0.3) is 5.91 Å². The molecule has 38 heavy (non-hydrogen) atoms. The van der Waals surface area contributed by atoms with Crippen molar-refractivity contribution in [3.63, 3.8) is 0 Å². The molecular formula is C28H26Cl2N4O3S. The van der Waals surface area contributed by atoms with E-state index < -0.39 is 0 Å².